The quantitative estimate of drug-likeness (QED) is 0.356. The second-order valence-electron chi connectivity index (χ2n) is 6.52. The molecule has 23 heavy (non-hydrogen) atoms. The number of ether oxygens (including phenoxy) is 1. The molecule has 0 heterocycles. The Balaban J connectivity index is 2.30. The molecule has 0 aliphatic heterocycles. The molecule has 1 saturated carbocycles. The first kappa shape index (κ1) is 19.9. The van der Waals surface area contributed by atoms with Crippen molar-refractivity contribution < 1.29 is 19.4 Å². The molecule has 1 aliphatic rings. The van der Waals surface area contributed by atoms with Gasteiger partial charge in [-0.05, 0) is 19.3 Å². The van der Waals surface area contributed by atoms with Crippen LogP contribution >= 0.6 is 0 Å². The second kappa shape index (κ2) is 11.4. The fourth-order valence-electron chi connectivity index (χ4n) is 3.26. The van der Waals surface area contributed by atoms with E-state index >= 15 is 0 Å². The van der Waals surface area contributed by atoms with Crippen LogP contribution in [-0.2, 0) is 14.3 Å². The van der Waals surface area contributed by atoms with Gasteiger partial charge in [0.2, 0.25) is 0 Å². The number of unbranched alkanes of at least 4 members (excludes halogenated alkanes) is 5. The lowest BCUT2D eigenvalue weighted by Crippen LogP contribution is -2.18. The number of ketones is 1. The van der Waals surface area contributed by atoms with Gasteiger partial charge in [-0.3, -0.25) is 9.59 Å². The van der Waals surface area contributed by atoms with Gasteiger partial charge in [0.15, 0.2) is 0 Å². The summed E-state index contributed by atoms with van der Waals surface area (Å²) in [4.78, 5) is 23.1. The summed E-state index contributed by atoms with van der Waals surface area (Å²) in [6.45, 7) is 2.16. The molecule has 4 heteroatoms. The standard InChI is InChI=1S/C19H32O4/c1-3-4-5-8-11-15-16(18(21)14-17(15)20)12-9-6-7-10-13-19(22)23-2/h8,11,15-17,20H,3-7,9-10,12-14H2,1-2H3/b11-8+. The average molecular weight is 324 g/mol. The van der Waals surface area contributed by atoms with E-state index in [0.717, 1.165) is 51.4 Å². The number of esters is 1. The molecule has 1 aliphatic carbocycles. The number of methoxy groups -OCH3 is 1. The predicted octanol–water partition coefficient (Wildman–Crippen LogP) is 3.81. The molecule has 1 fully saturated rings. The number of rotatable bonds is 11. The highest BCUT2D eigenvalue weighted by Gasteiger charge is 2.39. The molecule has 3 unspecified atom stereocenters. The highest BCUT2D eigenvalue weighted by Crippen LogP contribution is 2.34. The van der Waals surface area contributed by atoms with E-state index in [4.69, 9.17) is 0 Å². The minimum Gasteiger partial charge on any atom is -0.469 e. The minimum absolute atomic E-state index is 0.00516. The van der Waals surface area contributed by atoms with Crippen molar-refractivity contribution in [2.75, 3.05) is 7.11 Å². The molecule has 0 bridgehead atoms. The van der Waals surface area contributed by atoms with Crippen molar-refractivity contribution in [1.82, 2.24) is 0 Å². The van der Waals surface area contributed by atoms with Crippen LogP contribution in [0.1, 0.15) is 71.1 Å². The van der Waals surface area contributed by atoms with Crippen LogP contribution in [0.2, 0.25) is 0 Å². The van der Waals surface area contributed by atoms with Gasteiger partial charge in [-0.1, -0.05) is 51.2 Å². The summed E-state index contributed by atoms with van der Waals surface area (Å²) in [6.07, 6.45) is 12.4. The van der Waals surface area contributed by atoms with Crippen LogP contribution in [0.4, 0.5) is 0 Å². The van der Waals surface area contributed by atoms with Crippen LogP contribution in [0.3, 0.4) is 0 Å². The number of aliphatic hydroxyl groups is 1. The smallest absolute Gasteiger partial charge is 0.305 e. The zero-order valence-corrected chi connectivity index (χ0v) is 14.6. The summed E-state index contributed by atoms with van der Waals surface area (Å²) in [7, 11) is 1.41. The van der Waals surface area contributed by atoms with Gasteiger partial charge in [0.05, 0.1) is 13.2 Å². The molecule has 1 rings (SSSR count). The maximum atomic E-state index is 12.1. The highest BCUT2D eigenvalue weighted by atomic mass is 16.5. The Bertz CT molecular complexity index is 389. The maximum absolute atomic E-state index is 12.1. The first-order valence-corrected chi connectivity index (χ1v) is 9.04. The maximum Gasteiger partial charge on any atom is 0.305 e. The molecule has 0 aromatic carbocycles. The third-order valence-corrected chi connectivity index (χ3v) is 4.69. The lowest BCUT2D eigenvalue weighted by Gasteiger charge is -2.17. The molecular weight excluding hydrogens is 292 g/mol. The van der Waals surface area contributed by atoms with E-state index < -0.39 is 6.10 Å². The summed E-state index contributed by atoms with van der Waals surface area (Å²) in [6, 6.07) is 0. The molecule has 0 aromatic heterocycles. The van der Waals surface area contributed by atoms with Crippen molar-refractivity contribution in [3.63, 3.8) is 0 Å². The SMILES string of the molecule is CCCC/C=C/C1C(O)CC(=O)C1CCCCCCC(=O)OC. The van der Waals surface area contributed by atoms with Crippen molar-refractivity contribution in [2.45, 2.75) is 77.2 Å². The van der Waals surface area contributed by atoms with Crippen LogP contribution < -0.4 is 0 Å². The lowest BCUT2D eigenvalue weighted by atomic mass is 9.88. The van der Waals surface area contributed by atoms with Crippen molar-refractivity contribution >= 4 is 11.8 Å². The summed E-state index contributed by atoms with van der Waals surface area (Å²) in [5.74, 6) is 0.0199. The fraction of sp³-hybridized carbons (Fsp3) is 0.789. The molecule has 0 aromatic rings. The average Bonchev–Trinajstić information content (AvgIpc) is 2.80. The number of carbonyl (C=O) groups excluding carboxylic acids is 2. The Morgan fingerprint density at radius 1 is 1.26 bits per heavy atom. The van der Waals surface area contributed by atoms with Gasteiger partial charge in [0, 0.05) is 24.7 Å². The summed E-state index contributed by atoms with van der Waals surface area (Å²) in [5.41, 5.74) is 0. The van der Waals surface area contributed by atoms with Gasteiger partial charge >= 0.3 is 5.97 Å². The van der Waals surface area contributed by atoms with Crippen molar-refractivity contribution in [2.24, 2.45) is 11.8 Å². The minimum atomic E-state index is -0.510. The van der Waals surface area contributed by atoms with Crippen LogP contribution in [0.5, 0.6) is 0 Å². The van der Waals surface area contributed by atoms with Gasteiger partial charge in [-0.25, -0.2) is 0 Å². The molecular formula is C19H32O4. The summed E-state index contributed by atoms with van der Waals surface area (Å²) < 4.78 is 4.61. The third kappa shape index (κ3) is 7.30. The van der Waals surface area contributed by atoms with E-state index in [0.29, 0.717) is 12.8 Å². The molecule has 0 radical (unpaired) electrons. The number of allylic oxidation sites excluding steroid dienone is 1. The van der Waals surface area contributed by atoms with Gasteiger partial charge in [0.1, 0.15) is 5.78 Å². The van der Waals surface area contributed by atoms with E-state index in [1.807, 2.05) is 0 Å². The van der Waals surface area contributed by atoms with Gasteiger partial charge < -0.3 is 9.84 Å². The molecule has 3 atom stereocenters. The molecule has 0 amide bonds. The van der Waals surface area contributed by atoms with Gasteiger partial charge in [-0.2, -0.15) is 0 Å². The van der Waals surface area contributed by atoms with E-state index in [2.05, 4.69) is 23.8 Å². The largest absolute Gasteiger partial charge is 0.469 e. The van der Waals surface area contributed by atoms with Crippen LogP contribution in [0.15, 0.2) is 12.2 Å². The number of carbonyl (C=O) groups is 2. The molecule has 0 saturated heterocycles. The first-order chi connectivity index (χ1) is 11.1. The first-order valence-electron chi connectivity index (χ1n) is 9.04. The Morgan fingerprint density at radius 3 is 2.70 bits per heavy atom. The number of aliphatic hydroxyl groups excluding tert-OH is 1. The topological polar surface area (TPSA) is 63.6 Å². The normalized spacial score (nSPS) is 24.5. The van der Waals surface area contributed by atoms with E-state index in [-0.39, 0.29) is 23.6 Å². The van der Waals surface area contributed by atoms with Crippen molar-refractivity contribution in [3.8, 4) is 0 Å². The number of hydrogen-bond donors (Lipinski definition) is 1. The van der Waals surface area contributed by atoms with Crippen molar-refractivity contribution in [1.29, 1.82) is 0 Å². The lowest BCUT2D eigenvalue weighted by molar-refractivity contribution is -0.140. The third-order valence-electron chi connectivity index (χ3n) is 4.69. The number of Topliss-reactive ketones (excluding diaryl/α,β-unsaturated/α-hetero) is 1. The molecule has 1 N–H and O–H groups in total. The zero-order valence-electron chi connectivity index (χ0n) is 14.6. The number of hydrogen-bond acceptors (Lipinski definition) is 4. The summed E-state index contributed by atoms with van der Waals surface area (Å²) >= 11 is 0. The van der Waals surface area contributed by atoms with Crippen LogP contribution in [0, 0.1) is 11.8 Å². The fourth-order valence-corrected chi connectivity index (χ4v) is 3.26. The van der Waals surface area contributed by atoms with Crippen molar-refractivity contribution in [3.05, 3.63) is 12.2 Å². The van der Waals surface area contributed by atoms with E-state index in [1.54, 1.807) is 0 Å². The summed E-state index contributed by atoms with van der Waals surface area (Å²) in [5, 5.41) is 10.1. The Hall–Kier alpha value is -1.16. The van der Waals surface area contributed by atoms with Gasteiger partial charge in [-0.15, -0.1) is 0 Å². The molecule has 132 valence electrons. The predicted molar refractivity (Wildman–Crippen MR) is 91.0 cm³/mol. The van der Waals surface area contributed by atoms with E-state index in [1.165, 1.54) is 7.11 Å². The zero-order chi connectivity index (χ0) is 17.1. The second-order valence-corrected chi connectivity index (χ2v) is 6.52. The Morgan fingerprint density at radius 2 is 2.00 bits per heavy atom. The van der Waals surface area contributed by atoms with E-state index in [9.17, 15) is 14.7 Å². The van der Waals surface area contributed by atoms with Crippen LogP contribution in [0.25, 0.3) is 0 Å². The van der Waals surface area contributed by atoms with Gasteiger partial charge in [0.25, 0.3) is 0 Å². The highest BCUT2D eigenvalue weighted by molar-refractivity contribution is 5.84. The monoisotopic (exact) mass is 324 g/mol. The molecule has 0 spiro atoms. The Labute approximate surface area is 140 Å². The van der Waals surface area contributed by atoms with Crippen LogP contribution in [-0.4, -0.2) is 30.1 Å². The molecule has 4 nitrogen and oxygen atoms in total. The Kier molecular flexibility index (Phi) is 9.85.